The SMILES string of the molecule is CCOCCN(CCOCC)c1ncnc(OC)c1N. The quantitative estimate of drug-likeness (QED) is 0.640. The molecule has 1 rings (SSSR count). The largest absolute Gasteiger partial charge is 0.479 e. The molecule has 1 heterocycles. The third kappa shape index (κ3) is 4.82. The van der Waals surface area contributed by atoms with Gasteiger partial charge >= 0.3 is 0 Å². The van der Waals surface area contributed by atoms with E-state index in [0.717, 1.165) is 0 Å². The Bertz CT molecular complexity index is 380. The third-order valence-corrected chi connectivity index (χ3v) is 2.74. The zero-order valence-corrected chi connectivity index (χ0v) is 12.5. The van der Waals surface area contributed by atoms with Gasteiger partial charge in [0, 0.05) is 26.3 Å². The second-order valence-electron chi connectivity index (χ2n) is 4.00. The van der Waals surface area contributed by atoms with E-state index in [-0.39, 0.29) is 0 Å². The van der Waals surface area contributed by atoms with Gasteiger partial charge in [0.2, 0.25) is 5.88 Å². The predicted octanol–water partition coefficient (Wildman–Crippen LogP) is 0.947. The average molecular weight is 284 g/mol. The zero-order chi connectivity index (χ0) is 14.8. The number of hydrogen-bond donors (Lipinski definition) is 1. The predicted molar refractivity (Wildman–Crippen MR) is 78.2 cm³/mol. The summed E-state index contributed by atoms with van der Waals surface area (Å²) >= 11 is 0. The van der Waals surface area contributed by atoms with Gasteiger partial charge in [0.25, 0.3) is 0 Å². The van der Waals surface area contributed by atoms with Crippen LogP contribution >= 0.6 is 0 Å². The molecule has 1 aromatic rings. The number of hydrogen-bond acceptors (Lipinski definition) is 7. The molecule has 20 heavy (non-hydrogen) atoms. The summed E-state index contributed by atoms with van der Waals surface area (Å²) in [5.41, 5.74) is 6.46. The highest BCUT2D eigenvalue weighted by atomic mass is 16.5. The summed E-state index contributed by atoms with van der Waals surface area (Å²) in [4.78, 5) is 10.2. The van der Waals surface area contributed by atoms with E-state index in [1.165, 1.54) is 13.4 Å². The summed E-state index contributed by atoms with van der Waals surface area (Å²) in [6, 6.07) is 0. The first-order valence-electron chi connectivity index (χ1n) is 6.79. The maximum absolute atomic E-state index is 6.03. The number of rotatable bonds is 10. The standard InChI is InChI=1S/C13H24N4O3/c1-4-19-8-6-17(7-9-20-5-2)12-11(14)13(18-3)16-10-15-12/h10H,4-9,14H2,1-3H3. The van der Waals surface area contributed by atoms with Crippen LogP contribution in [0.15, 0.2) is 6.33 Å². The van der Waals surface area contributed by atoms with Gasteiger partial charge in [-0.1, -0.05) is 0 Å². The van der Waals surface area contributed by atoms with Crippen molar-refractivity contribution in [3.63, 3.8) is 0 Å². The second kappa shape index (κ2) is 9.33. The van der Waals surface area contributed by atoms with E-state index in [0.29, 0.717) is 56.9 Å². The van der Waals surface area contributed by atoms with Crippen molar-refractivity contribution >= 4 is 11.5 Å². The van der Waals surface area contributed by atoms with Crippen molar-refractivity contribution in [1.82, 2.24) is 9.97 Å². The van der Waals surface area contributed by atoms with Crippen LogP contribution in [-0.4, -0.2) is 56.6 Å². The number of nitrogens with zero attached hydrogens (tertiary/aromatic N) is 3. The molecule has 2 N–H and O–H groups in total. The maximum Gasteiger partial charge on any atom is 0.242 e. The zero-order valence-electron chi connectivity index (χ0n) is 12.5. The number of ether oxygens (including phenoxy) is 3. The van der Waals surface area contributed by atoms with Gasteiger partial charge in [-0.3, -0.25) is 0 Å². The van der Waals surface area contributed by atoms with E-state index >= 15 is 0 Å². The molecule has 0 bridgehead atoms. The van der Waals surface area contributed by atoms with Gasteiger partial charge < -0.3 is 24.8 Å². The molecule has 0 amide bonds. The molecule has 0 atom stereocenters. The summed E-state index contributed by atoms with van der Waals surface area (Å²) < 4.78 is 15.9. The molecular weight excluding hydrogens is 260 g/mol. The van der Waals surface area contributed by atoms with Crippen molar-refractivity contribution in [3.8, 4) is 5.88 Å². The van der Waals surface area contributed by atoms with Gasteiger partial charge in [0.1, 0.15) is 12.0 Å². The lowest BCUT2D eigenvalue weighted by Gasteiger charge is -2.24. The van der Waals surface area contributed by atoms with E-state index in [1.807, 2.05) is 18.7 Å². The molecule has 0 aliphatic heterocycles. The molecule has 0 spiro atoms. The van der Waals surface area contributed by atoms with Crippen molar-refractivity contribution in [2.24, 2.45) is 0 Å². The van der Waals surface area contributed by atoms with E-state index < -0.39 is 0 Å². The number of nitrogen functional groups attached to an aromatic ring is 1. The van der Waals surface area contributed by atoms with Gasteiger partial charge in [0.05, 0.1) is 20.3 Å². The second-order valence-corrected chi connectivity index (χ2v) is 4.00. The Labute approximate surface area is 120 Å². The van der Waals surface area contributed by atoms with E-state index in [4.69, 9.17) is 19.9 Å². The molecule has 7 heteroatoms. The van der Waals surface area contributed by atoms with Crippen LogP contribution in [-0.2, 0) is 9.47 Å². The highest BCUT2D eigenvalue weighted by Gasteiger charge is 2.15. The minimum atomic E-state index is 0.382. The van der Waals surface area contributed by atoms with Crippen molar-refractivity contribution in [2.45, 2.75) is 13.8 Å². The number of nitrogens with two attached hydrogens (primary N) is 1. The highest BCUT2D eigenvalue weighted by molar-refractivity contribution is 5.67. The summed E-state index contributed by atoms with van der Waals surface area (Å²) in [6.07, 6.45) is 1.44. The fourth-order valence-electron chi connectivity index (χ4n) is 1.75. The van der Waals surface area contributed by atoms with Crippen LogP contribution in [0.2, 0.25) is 0 Å². The van der Waals surface area contributed by atoms with Crippen molar-refractivity contribution < 1.29 is 14.2 Å². The van der Waals surface area contributed by atoms with Gasteiger partial charge in [0.15, 0.2) is 5.82 Å². The summed E-state index contributed by atoms with van der Waals surface area (Å²) in [5.74, 6) is 1.03. The molecule has 0 aliphatic rings. The first-order valence-corrected chi connectivity index (χ1v) is 6.79. The Morgan fingerprint density at radius 1 is 1.10 bits per heavy atom. The monoisotopic (exact) mass is 284 g/mol. The van der Waals surface area contributed by atoms with Crippen LogP contribution in [0.5, 0.6) is 5.88 Å². The van der Waals surface area contributed by atoms with E-state index in [1.54, 1.807) is 0 Å². The summed E-state index contributed by atoms with van der Waals surface area (Å²) in [7, 11) is 1.53. The van der Waals surface area contributed by atoms with Gasteiger partial charge in [-0.2, -0.15) is 4.98 Å². The van der Waals surface area contributed by atoms with Crippen LogP contribution in [0.4, 0.5) is 11.5 Å². The number of aromatic nitrogens is 2. The van der Waals surface area contributed by atoms with E-state index in [2.05, 4.69) is 9.97 Å². The Morgan fingerprint density at radius 3 is 2.20 bits per heavy atom. The normalized spacial score (nSPS) is 10.6. The highest BCUT2D eigenvalue weighted by Crippen LogP contribution is 2.27. The third-order valence-electron chi connectivity index (χ3n) is 2.74. The molecule has 0 saturated heterocycles. The molecule has 0 saturated carbocycles. The molecule has 0 unspecified atom stereocenters. The van der Waals surface area contributed by atoms with Crippen molar-refractivity contribution in [3.05, 3.63) is 6.33 Å². The molecule has 114 valence electrons. The van der Waals surface area contributed by atoms with E-state index in [9.17, 15) is 0 Å². The smallest absolute Gasteiger partial charge is 0.242 e. The molecule has 7 nitrogen and oxygen atoms in total. The number of anilines is 2. The molecule has 1 aromatic heterocycles. The Kier molecular flexibility index (Phi) is 7.67. The van der Waals surface area contributed by atoms with Crippen LogP contribution < -0.4 is 15.4 Å². The lowest BCUT2D eigenvalue weighted by molar-refractivity contribution is 0.141. The van der Waals surface area contributed by atoms with Crippen molar-refractivity contribution in [1.29, 1.82) is 0 Å². The molecule has 0 radical (unpaired) electrons. The fraction of sp³-hybridized carbons (Fsp3) is 0.692. The number of methoxy groups -OCH3 is 1. The molecule has 0 aliphatic carbocycles. The van der Waals surface area contributed by atoms with Gasteiger partial charge in [-0.15, -0.1) is 0 Å². The van der Waals surface area contributed by atoms with Crippen LogP contribution in [0, 0.1) is 0 Å². The lowest BCUT2D eigenvalue weighted by atomic mass is 10.4. The molecule has 0 aromatic carbocycles. The lowest BCUT2D eigenvalue weighted by Crippen LogP contribution is -2.32. The topological polar surface area (TPSA) is 82.7 Å². The minimum Gasteiger partial charge on any atom is -0.479 e. The van der Waals surface area contributed by atoms with Crippen LogP contribution in [0.3, 0.4) is 0 Å². The molecular formula is C13H24N4O3. The Balaban J connectivity index is 2.79. The first kappa shape index (κ1) is 16.5. The fourth-order valence-corrected chi connectivity index (χ4v) is 1.75. The van der Waals surface area contributed by atoms with Crippen LogP contribution in [0.1, 0.15) is 13.8 Å². The Morgan fingerprint density at radius 2 is 1.70 bits per heavy atom. The molecule has 0 fully saturated rings. The summed E-state index contributed by atoms with van der Waals surface area (Å²) in [5, 5.41) is 0. The average Bonchev–Trinajstić information content (AvgIpc) is 2.46. The van der Waals surface area contributed by atoms with Crippen LogP contribution in [0.25, 0.3) is 0 Å². The minimum absolute atomic E-state index is 0.382. The van der Waals surface area contributed by atoms with Gasteiger partial charge in [-0.25, -0.2) is 4.98 Å². The van der Waals surface area contributed by atoms with Gasteiger partial charge in [-0.05, 0) is 13.8 Å². The van der Waals surface area contributed by atoms with Crippen molar-refractivity contribution in [2.75, 3.05) is 57.3 Å². The Hall–Kier alpha value is -1.60. The maximum atomic E-state index is 6.03. The first-order chi connectivity index (χ1) is 9.74. The summed E-state index contributed by atoms with van der Waals surface area (Å²) in [6.45, 7) is 7.88.